The van der Waals surface area contributed by atoms with Gasteiger partial charge in [-0.05, 0) is 12.8 Å². The van der Waals surface area contributed by atoms with E-state index in [1.165, 1.54) is 12.8 Å². The first kappa shape index (κ1) is 12.4. The summed E-state index contributed by atoms with van der Waals surface area (Å²) < 4.78 is 0. The van der Waals surface area contributed by atoms with Crippen LogP contribution in [0.15, 0.2) is 0 Å². The fourth-order valence-corrected chi connectivity index (χ4v) is 1.79. The van der Waals surface area contributed by atoms with Crippen LogP contribution in [-0.4, -0.2) is 11.0 Å². The second kappa shape index (κ2) is 6.87. The first-order chi connectivity index (χ1) is 6.22. The molecular formula is C10H21NO2. The molecule has 0 heterocycles. The summed E-state index contributed by atoms with van der Waals surface area (Å²) in [4.78, 5) is 10.4. The Balaban J connectivity index is 0.000000671. The van der Waals surface area contributed by atoms with Gasteiger partial charge in [0.1, 0.15) is 0 Å². The van der Waals surface area contributed by atoms with Gasteiger partial charge < -0.3 is 0 Å². The number of nitro groups is 1. The van der Waals surface area contributed by atoms with Crippen LogP contribution in [-0.2, 0) is 0 Å². The second-order valence-corrected chi connectivity index (χ2v) is 3.47. The summed E-state index contributed by atoms with van der Waals surface area (Å²) in [5.74, 6) is 0.285. The molecule has 0 aromatic carbocycles. The predicted molar refractivity (Wildman–Crippen MR) is 54.4 cm³/mol. The van der Waals surface area contributed by atoms with Crippen LogP contribution in [0.4, 0.5) is 0 Å². The lowest BCUT2D eigenvalue weighted by atomic mass is 9.98. The van der Waals surface area contributed by atoms with Crippen molar-refractivity contribution in [3.8, 4) is 0 Å². The average Bonchev–Trinajstić information content (AvgIpc) is 2.33. The van der Waals surface area contributed by atoms with E-state index in [-0.39, 0.29) is 16.9 Å². The maximum absolute atomic E-state index is 10.5. The molecule has 3 nitrogen and oxygen atoms in total. The van der Waals surface area contributed by atoms with Crippen molar-refractivity contribution in [1.29, 1.82) is 0 Å². The molecule has 0 aromatic heterocycles. The van der Waals surface area contributed by atoms with Crippen LogP contribution in [0.5, 0.6) is 0 Å². The summed E-state index contributed by atoms with van der Waals surface area (Å²) in [6.07, 6.45) is 5.20. The van der Waals surface area contributed by atoms with Crippen molar-refractivity contribution >= 4 is 0 Å². The molecule has 1 saturated carbocycles. The summed E-state index contributed by atoms with van der Waals surface area (Å²) >= 11 is 0. The summed E-state index contributed by atoms with van der Waals surface area (Å²) in [6, 6.07) is -0.266. The molecule has 1 fully saturated rings. The molecule has 78 valence electrons. The van der Waals surface area contributed by atoms with Gasteiger partial charge >= 0.3 is 0 Å². The molecule has 0 N–H and O–H groups in total. The minimum atomic E-state index is -0.266. The molecule has 0 bridgehead atoms. The Kier molecular flexibility index (Phi) is 6.55. The van der Waals surface area contributed by atoms with Gasteiger partial charge in [0.05, 0.1) is 0 Å². The van der Waals surface area contributed by atoms with E-state index in [1.807, 2.05) is 20.8 Å². The molecule has 2 atom stereocenters. The first-order valence-electron chi connectivity index (χ1n) is 5.35. The summed E-state index contributed by atoms with van der Waals surface area (Å²) in [5.41, 5.74) is 0. The summed E-state index contributed by atoms with van der Waals surface area (Å²) in [7, 11) is 0. The molecule has 0 amide bonds. The second-order valence-electron chi connectivity index (χ2n) is 3.47. The van der Waals surface area contributed by atoms with E-state index >= 15 is 0 Å². The molecule has 0 aromatic rings. The van der Waals surface area contributed by atoms with Crippen molar-refractivity contribution in [2.75, 3.05) is 0 Å². The fourth-order valence-electron chi connectivity index (χ4n) is 1.79. The van der Waals surface area contributed by atoms with Crippen molar-refractivity contribution in [3.05, 3.63) is 10.1 Å². The molecule has 0 aliphatic heterocycles. The van der Waals surface area contributed by atoms with Gasteiger partial charge in [0.2, 0.25) is 6.04 Å². The van der Waals surface area contributed by atoms with E-state index in [9.17, 15) is 10.1 Å². The Hall–Kier alpha value is -0.600. The normalized spacial score (nSPS) is 28.2. The van der Waals surface area contributed by atoms with E-state index < -0.39 is 0 Å². The van der Waals surface area contributed by atoms with Crippen LogP contribution in [0.1, 0.15) is 52.9 Å². The van der Waals surface area contributed by atoms with Crippen molar-refractivity contribution in [3.63, 3.8) is 0 Å². The zero-order valence-corrected chi connectivity index (χ0v) is 8.95. The molecule has 1 aliphatic rings. The minimum absolute atomic E-state index is 0.101. The van der Waals surface area contributed by atoms with Crippen molar-refractivity contribution in [2.45, 2.75) is 58.9 Å². The van der Waals surface area contributed by atoms with Gasteiger partial charge in [0.15, 0.2) is 0 Å². The Bertz CT molecular complexity index is 148. The zero-order valence-electron chi connectivity index (χ0n) is 8.95. The molecule has 13 heavy (non-hydrogen) atoms. The van der Waals surface area contributed by atoms with Crippen LogP contribution in [0.25, 0.3) is 0 Å². The van der Waals surface area contributed by atoms with Crippen molar-refractivity contribution in [2.24, 2.45) is 5.92 Å². The first-order valence-corrected chi connectivity index (χ1v) is 5.35. The Labute approximate surface area is 80.7 Å². The zero-order chi connectivity index (χ0) is 10.3. The van der Waals surface area contributed by atoms with Crippen LogP contribution >= 0.6 is 0 Å². The molecule has 2 unspecified atom stereocenters. The van der Waals surface area contributed by atoms with E-state index in [2.05, 4.69) is 0 Å². The smallest absolute Gasteiger partial charge is 0.215 e. The standard InChI is InChI=1S/C8H15NO2.C2H6/c1-7-5-3-2-4-6-8(7)9(10)11;1-2/h7-8H,2-6H2,1H3;1-2H3. The van der Waals surface area contributed by atoms with Gasteiger partial charge in [0, 0.05) is 17.3 Å². The highest BCUT2D eigenvalue weighted by Gasteiger charge is 2.28. The van der Waals surface area contributed by atoms with Gasteiger partial charge in [-0.1, -0.05) is 33.6 Å². The lowest BCUT2D eigenvalue weighted by Crippen LogP contribution is -2.25. The summed E-state index contributed by atoms with van der Waals surface area (Å²) in [6.45, 7) is 6.00. The highest BCUT2D eigenvalue weighted by atomic mass is 16.6. The molecule has 3 heteroatoms. The van der Waals surface area contributed by atoms with Crippen LogP contribution in [0.2, 0.25) is 0 Å². The SMILES string of the molecule is CC.CC1CCCCCC1[N+](=O)[O-]. The maximum atomic E-state index is 10.5. The van der Waals surface area contributed by atoms with E-state index in [0.717, 1.165) is 19.3 Å². The number of hydrogen-bond donors (Lipinski definition) is 0. The molecular weight excluding hydrogens is 166 g/mol. The Morgan fingerprint density at radius 1 is 1.15 bits per heavy atom. The van der Waals surface area contributed by atoms with Crippen LogP contribution in [0.3, 0.4) is 0 Å². The third-order valence-electron chi connectivity index (χ3n) is 2.59. The van der Waals surface area contributed by atoms with E-state index in [0.29, 0.717) is 0 Å². The third-order valence-corrected chi connectivity index (χ3v) is 2.59. The maximum Gasteiger partial charge on any atom is 0.215 e. The molecule has 0 spiro atoms. The Morgan fingerprint density at radius 2 is 1.69 bits per heavy atom. The predicted octanol–water partition coefficient (Wildman–Crippen LogP) is 3.26. The van der Waals surface area contributed by atoms with Gasteiger partial charge in [-0.3, -0.25) is 10.1 Å². The average molecular weight is 187 g/mol. The van der Waals surface area contributed by atoms with Crippen molar-refractivity contribution < 1.29 is 4.92 Å². The quantitative estimate of drug-likeness (QED) is 0.359. The van der Waals surface area contributed by atoms with Crippen molar-refractivity contribution in [1.82, 2.24) is 0 Å². The topological polar surface area (TPSA) is 43.1 Å². The lowest BCUT2D eigenvalue weighted by Gasteiger charge is -2.12. The monoisotopic (exact) mass is 187 g/mol. The highest BCUT2D eigenvalue weighted by Crippen LogP contribution is 2.24. The van der Waals surface area contributed by atoms with E-state index in [1.54, 1.807) is 0 Å². The summed E-state index contributed by atoms with van der Waals surface area (Å²) in [5, 5.41) is 10.5. The largest absolute Gasteiger partial charge is 0.264 e. The number of hydrogen-bond acceptors (Lipinski definition) is 2. The molecule has 1 aliphatic carbocycles. The lowest BCUT2D eigenvalue weighted by molar-refractivity contribution is -0.532. The fraction of sp³-hybridized carbons (Fsp3) is 1.00. The highest BCUT2D eigenvalue weighted by molar-refractivity contribution is 4.69. The molecule has 1 rings (SSSR count). The van der Waals surface area contributed by atoms with Crippen LogP contribution < -0.4 is 0 Å². The number of rotatable bonds is 1. The number of nitrogens with zero attached hydrogens (tertiary/aromatic N) is 1. The molecule has 0 radical (unpaired) electrons. The van der Waals surface area contributed by atoms with Gasteiger partial charge in [0.25, 0.3) is 0 Å². The van der Waals surface area contributed by atoms with Gasteiger partial charge in [-0.15, -0.1) is 0 Å². The minimum Gasteiger partial charge on any atom is -0.264 e. The van der Waals surface area contributed by atoms with E-state index in [4.69, 9.17) is 0 Å². The molecule has 0 saturated heterocycles. The third kappa shape index (κ3) is 4.25. The Morgan fingerprint density at radius 3 is 2.23 bits per heavy atom. The van der Waals surface area contributed by atoms with Gasteiger partial charge in [-0.2, -0.15) is 0 Å². The van der Waals surface area contributed by atoms with Crippen LogP contribution in [0, 0.1) is 16.0 Å². The van der Waals surface area contributed by atoms with Gasteiger partial charge in [-0.25, -0.2) is 0 Å².